The molecule has 6 nitrogen and oxygen atoms in total. The van der Waals surface area contributed by atoms with E-state index in [2.05, 4.69) is 22.2 Å². The third-order valence-corrected chi connectivity index (χ3v) is 3.64. The Bertz CT molecular complexity index is 453. The molecule has 1 aromatic rings. The van der Waals surface area contributed by atoms with Gasteiger partial charge in [-0.3, -0.25) is 0 Å². The highest BCUT2D eigenvalue weighted by Crippen LogP contribution is 2.20. The molecule has 1 saturated heterocycles. The van der Waals surface area contributed by atoms with Crippen molar-refractivity contribution in [3.05, 3.63) is 18.2 Å². The zero-order chi connectivity index (χ0) is 15.5. The number of nitrogens with zero attached hydrogens (tertiary/aromatic N) is 2. The molecule has 0 radical (unpaired) electrons. The van der Waals surface area contributed by atoms with E-state index in [0.717, 1.165) is 31.6 Å². The first-order valence-electron chi connectivity index (χ1n) is 7.55. The Balaban J connectivity index is 1.80. The Hall–Kier alpha value is -1.56. The number of likely N-dealkylation sites (tertiary alicyclic amines) is 1. The van der Waals surface area contributed by atoms with Gasteiger partial charge in [-0.25, -0.2) is 9.78 Å². The minimum absolute atomic E-state index is 0.188. The van der Waals surface area contributed by atoms with Crippen LogP contribution >= 0.6 is 0 Å². The molecule has 0 aromatic carbocycles. The third-order valence-electron chi connectivity index (χ3n) is 3.64. The number of imidazole rings is 1. The van der Waals surface area contributed by atoms with Crippen LogP contribution in [-0.2, 0) is 11.3 Å². The maximum absolute atomic E-state index is 12.1. The van der Waals surface area contributed by atoms with Crippen LogP contribution in [0.15, 0.2) is 12.5 Å². The molecular formula is C15H26N4O2. The summed E-state index contributed by atoms with van der Waals surface area (Å²) in [7, 11) is 0. The Labute approximate surface area is 126 Å². The van der Waals surface area contributed by atoms with E-state index in [0.29, 0.717) is 6.04 Å². The normalized spacial score (nSPS) is 23.1. The number of H-pyrrole nitrogens is 1. The fourth-order valence-corrected chi connectivity index (χ4v) is 2.58. The van der Waals surface area contributed by atoms with Gasteiger partial charge in [0.2, 0.25) is 0 Å². The smallest absolute Gasteiger partial charge is 0.410 e. The van der Waals surface area contributed by atoms with Gasteiger partial charge in [0.05, 0.1) is 6.33 Å². The lowest BCUT2D eigenvalue weighted by Crippen LogP contribution is -2.50. The van der Waals surface area contributed by atoms with E-state index in [1.54, 1.807) is 6.33 Å². The van der Waals surface area contributed by atoms with Crippen molar-refractivity contribution in [1.82, 2.24) is 20.2 Å². The molecule has 2 N–H and O–H groups in total. The molecule has 1 aromatic heterocycles. The number of carbonyl (C=O) groups excluding carboxylic acids is 1. The number of hydrogen-bond acceptors (Lipinski definition) is 4. The summed E-state index contributed by atoms with van der Waals surface area (Å²) in [4.78, 5) is 21.1. The Morgan fingerprint density at radius 2 is 2.33 bits per heavy atom. The van der Waals surface area contributed by atoms with Crippen molar-refractivity contribution >= 4 is 6.09 Å². The lowest BCUT2D eigenvalue weighted by atomic mass is 9.98. The van der Waals surface area contributed by atoms with E-state index in [-0.39, 0.29) is 12.1 Å². The molecule has 0 bridgehead atoms. The van der Waals surface area contributed by atoms with Crippen LogP contribution in [0.5, 0.6) is 0 Å². The number of rotatable bonds is 3. The molecule has 1 amide bonds. The average molecular weight is 294 g/mol. The molecule has 1 aliphatic heterocycles. The molecule has 2 unspecified atom stereocenters. The molecule has 0 saturated carbocycles. The highest BCUT2D eigenvalue weighted by atomic mass is 16.6. The monoisotopic (exact) mass is 294 g/mol. The van der Waals surface area contributed by atoms with E-state index in [9.17, 15) is 4.79 Å². The fraction of sp³-hybridized carbons (Fsp3) is 0.733. The largest absolute Gasteiger partial charge is 0.444 e. The first-order valence-corrected chi connectivity index (χ1v) is 7.55. The second kappa shape index (κ2) is 6.47. The van der Waals surface area contributed by atoms with Crippen molar-refractivity contribution in [2.75, 3.05) is 6.54 Å². The first kappa shape index (κ1) is 15.8. The predicted octanol–water partition coefficient (Wildman–Crippen LogP) is 2.29. The lowest BCUT2D eigenvalue weighted by Gasteiger charge is -2.38. The number of carbonyl (C=O) groups is 1. The van der Waals surface area contributed by atoms with E-state index >= 15 is 0 Å². The van der Waals surface area contributed by atoms with Crippen LogP contribution < -0.4 is 5.32 Å². The van der Waals surface area contributed by atoms with E-state index < -0.39 is 5.60 Å². The van der Waals surface area contributed by atoms with Crippen molar-refractivity contribution in [3.63, 3.8) is 0 Å². The summed E-state index contributed by atoms with van der Waals surface area (Å²) < 4.78 is 5.46. The molecule has 2 rings (SSSR count). The Morgan fingerprint density at radius 3 is 2.90 bits per heavy atom. The van der Waals surface area contributed by atoms with Crippen LogP contribution in [0, 0.1) is 0 Å². The molecule has 2 atom stereocenters. The Morgan fingerprint density at radius 1 is 1.57 bits per heavy atom. The standard InChI is InChI=1S/C15H26N4O2/c1-11-7-12(17-9-13-8-16-10-18-13)5-6-19(11)14(20)21-15(2,3)4/h8,10-12,17H,5-7,9H2,1-4H3,(H,16,18). The lowest BCUT2D eigenvalue weighted by molar-refractivity contribution is 0.00931. The van der Waals surface area contributed by atoms with Crippen molar-refractivity contribution < 1.29 is 9.53 Å². The van der Waals surface area contributed by atoms with E-state index in [1.165, 1.54) is 0 Å². The van der Waals surface area contributed by atoms with Gasteiger partial charge < -0.3 is 19.9 Å². The van der Waals surface area contributed by atoms with Gasteiger partial charge in [-0.1, -0.05) is 0 Å². The number of piperidine rings is 1. The Kier molecular flexibility index (Phi) is 4.88. The molecule has 2 heterocycles. The minimum atomic E-state index is -0.438. The second-order valence-electron chi connectivity index (χ2n) is 6.70. The SMILES string of the molecule is CC1CC(NCc2cnc[nH]2)CCN1C(=O)OC(C)(C)C. The first-order chi connectivity index (χ1) is 9.85. The van der Waals surface area contributed by atoms with Gasteiger partial charge in [0.25, 0.3) is 0 Å². The molecule has 0 aliphatic carbocycles. The van der Waals surface area contributed by atoms with Crippen molar-refractivity contribution in [2.45, 2.75) is 64.8 Å². The minimum Gasteiger partial charge on any atom is -0.444 e. The van der Waals surface area contributed by atoms with Crippen LogP contribution in [0.2, 0.25) is 0 Å². The zero-order valence-corrected chi connectivity index (χ0v) is 13.3. The summed E-state index contributed by atoms with van der Waals surface area (Å²) >= 11 is 0. The quantitative estimate of drug-likeness (QED) is 0.897. The summed E-state index contributed by atoms with van der Waals surface area (Å²) in [6.07, 6.45) is 5.18. The van der Waals surface area contributed by atoms with Crippen LogP contribution in [0.1, 0.15) is 46.2 Å². The van der Waals surface area contributed by atoms with Crippen LogP contribution in [0.25, 0.3) is 0 Å². The van der Waals surface area contributed by atoms with E-state index in [1.807, 2.05) is 31.9 Å². The fourth-order valence-electron chi connectivity index (χ4n) is 2.58. The molecular weight excluding hydrogens is 268 g/mol. The topological polar surface area (TPSA) is 70.2 Å². The number of aromatic amines is 1. The predicted molar refractivity (Wildman–Crippen MR) is 80.9 cm³/mol. The summed E-state index contributed by atoms with van der Waals surface area (Å²) in [5, 5.41) is 3.51. The summed E-state index contributed by atoms with van der Waals surface area (Å²) in [5.41, 5.74) is 0.643. The molecule has 6 heteroatoms. The van der Waals surface area contributed by atoms with E-state index in [4.69, 9.17) is 4.74 Å². The number of amides is 1. The van der Waals surface area contributed by atoms with Crippen molar-refractivity contribution in [2.24, 2.45) is 0 Å². The number of aromatic nitrogens is 2. The summed E-state index contributed by atoms with van der Waals surface area (Å²) in [6.45, 7) is 9.28. The van der Waals surface area contributed by atoms with Gasteiger partial charge in [0.15, 0.2) is 0 Å². The highest BCUT2D eigenvalue weighted by molar-refractivity contribution is 5.68. The average Bonchev–Trinajstić information content (AvgIpc) is 2.87. The van der Waals surface area contributed by atoms with Gasteiger partial charge in [-0.15, -0.1) is 0 Å². The number of nitrogens with one attached hydrogen (secondary N) is 2. The molecule has 1 aliphatic rings. The molecule has 0 spiro atoms. The maximum atomic E-state index is 12.1. The molecule has 118 valence electrons. The van der Waals surface area contributed by atoms with Gasteiger partial charge in [-0.05, 0) is 40.5 Å². The maximum Gasteiger partial charge on any atom is 0.410 e. The van der Waals surface area contributed by atoms with Crippen LogP contribution in [0.3, 0.4) is 0 Å². The number of ether oxygens (including phenoxy) is 1. The van der Waals surface area contributed by atoms with Gasteiger partial charge in [-0.2, -0.15) is 0 Å². The molecule has 21 heavy (non-hydrogen) atoms. The van der Waals surface area contributed by atoms with Crippen LogP contribution in [0.4, 0.5) is 4.79 Å². The van der Waals surface area contributed by atoms with Crippen LogP contribution in [-0.4, -0.2) is 45.2 Å². The summed E-state index contributed by atoms with van der Waals surface area (Å²) in [5.74, 6) is 0. The van der Waals surface area contributed by atoms with Crippen molar-refractivity contribution in [1.29, 1.82) is 0 Å². The van der Waals surface area contributed by atoms with Gasteiger partial charge >= 0.3 is 6.09 Å². The van der Waals surface area contributed by atoms with Gasteiger partial charge in [0, 0.05) is 37.1 Å². The highest BCUT2D eigenvalue weighted by Gasteiger charge is 2.31. The molecule has 1 fully saturated rings. The van der Waals surface area contributed by atoms with Gasteiger partial charge in [0.1, 0.15) is 5.60 Å². The van der Waals surface area contributed by atoms with Crippen molar-refractivity contribution in [3.8, 4) is 0 Å². The second-order valence-corrected chi connectivity index (χ2v) is 6.70. The number of hydrogen-bond donors (Lipinski definition) is 2. The third kappa shape index (κ3) is 4.74. The summed E-state index contributed by atoms with van der Waals surface area (Å²) in [6, 6.07) is 0.606. The zero-order valence-electron chi connectivity index (χ0n) is 13.3.